The van der Waals surface area contributed by atoms with E-state index in [1.165, 1.54) is 7.11 Å². The summed E-state index contributed by atoms with van der Waals surface area (Å²) < 4.78 is 6.51. The Kier molecular flexibility index (Phi) is 4.30. The molecule has 1 aromatic heterocycles. The molecule has 0 spiro atoms. The van der Waals surface area contributed by atoms with Crippen LogP contribution in [0.5, 0.6) is 0 Å². The highest BCUT2D eigenvalue weighted by atomic mass is 16.5. The van der Waals surface area contributed by atoms with Crippen molar-refractivity contribution in [3.63, 3.8) is 0 Å². The Bertz CT molecular complexity index is 362. The second-order valence-electron chi connectivity index (χ2n) is 3.51. The third-order valence-electron chi connectivity index (χ3n) is 2.20. The van der Waals surface area contributed by atoms with Gasteiger partial charge in [0.05, 0.1) is 18.0 Å². The summed E-state index contributed by atoms with van der Waals surface area (Å²) in [6, 6.07) is -0.750. The zero-order valence-corrected chi connectivity index (χ0v) is 9.73. The van der Waals surface area contributed by atoms with Crippen LogP contribution in [-0.2, 0) is 23.0 Å². The summed E-state index contributed by atoms with van der Waals surface area (Å²) in [7, 11) is 3.28. The van der Waals surface area contributed by atoms with Crippen molar-refractivity contribution in [3.05, 3.63) is 11.9 Å². The van der Waals surface area contributed by atoms with E-state index in [0.717, 1.165) is 17.8 Å². The minimum Gasteiger partial charge on any atom is -0.480 e. The zero-order valence-electron chi connectivity index (χ0n) is 9.73. The Morgan fingerprint density at radius 2 is 2.44 bits per heavy atom. The summed E-state index contributed by atoms with van der Waals surface area (Å²) in [5.41, 5.74) is 1.60. The van der Waals surface area contributed by atoms with E-state index in [1.54, 1.807) is 17.9 Å². The number of carbonyl (C=O) groups is 1. The quantitative estimate of drug-likeness (QED) is 0.739. The van der Waals surface area contributed by atoms with Gasteiger partial charge in [0.2, 0.25) is 0 Å². The van der Waals surface area contributed by atoms with Crippen molar-refractivity contribution in [2.24, 2.45) is 7.05 Å². The lowest BCUT2D eigenvalue weighted by molar-refractivity contribution is -0.139. The number of hydrogen-bond donors (Lipinski definition) is 2. The van der Waals surface area contributed by atoms with Gasteiger partial charge in [-0.2, -0.15) is 5.10 Å². The molecule has 1 heterocycles. The lowest BCUT2D eigenvalue weighted by Crippen LogP contribution is -2.33. The molecule has 2 N–H and O–H groups in total. The summed E-state index contributed by atoms with van der Waals surface area (Å²) in [5.74, 6) is -0.937. The lowest BCUT2D eigenvalue weighted by Gasteiger charge is -2.13. The van der Waals surface area contributed by atoms with Gasteiger partial charge in [0.1, 0.15) is 6.04 Å². The molecule has 0 bridgehead atoms. The molecule has 6 heteroatoms. The van der Waals surface area contributed by atoms with Crippen molar-refractivity contribution >= 4 is 11.7 Å². The number of aryl methyl sites for hydroxylation is 2. The first-order valence-electron chi connectivity index (χ1n) is 5.09. The maximum atomic E-state index is 10.9. The average Bonchev–Trinajstić information content (AvgIpc) is 2.58. The molecule has 0 radical (unpaired) electrons. The molecule has 0 saturated carbocycles. The van der Waals surface area contributed by atoms with Crippen LogP contribution in [0.4, 0.5) is 5.69 Å². The van der Waals surface area contributed by atoms with Gasteiger partial charge < -0.3 is 15.2 Å². The molecule has 16 heavy (non-hydrogen) atoms. The van der Waals surface area contributed by atoms with Crippen LogP contribution in [0, 0.1) is 0 Å². The van der Waals surface area contributed by atoms with Crippen LogP contribution < -0.4 is 5.32 Å². The van der Waals surface area contributed by atoms with E-state index in [0.29, 0.717) is 0 Å². The highest BCUT2D eigenvalue weighted by Gasteiger charge is 2.19. The van der Waals surface area contributed by atoms with E-state index in [-0.39, 0.29) is 6.61 Å². The Morgan fingerprint density at radius 1 is 1.75 bits per heavy atom. The monoisotopic (exact) mass is 227 g/mol. The highest BCUT2D eigenvalue weighted by molar-refractivity contribution is 5.77. The topological polar surface area (TPSA) is 76.4 Å². The second-order valence-corrected chi connectivity index (χ2v) is 3.51. The van der Waals surface area contributed by atoms with Gasteiger partial charge in [-0.3, -0.25) is 4.68 Å². The highest BCUT2D eigenvalue weighted by Crippen LogP contribution is 2.15. The molecule has 1 aromatic rings. The Balaban J connectivity index is 2.79. The van der Waals surface area contributed by atoms with Crippen molar-refractivity contribution in [3.8, 4) is 0 Å². The molecule has 1 unspecified atom stereocenters. The van der Waals surface area contributed by atoms with Crippen LogP contribution >= 0.6 is 0 Å². The number of carboxylic acids is 1. The number of hydrogen-bond acceptors (Lipinski definition) is 4. The molecular formula is C10H17N3O3. The standard InChI is InChI=1S/C10H17N3O3/c1-4-7-8(5-13(2)12-7)11-9(6-16-3)10(14)15/h5,9,11H,4,6H2,1-3H3,(H,14,15). The molecule has 90 valence electrons. The second kappa shape index (κ2) is 5.50. The van der Waals surface area contributed by atoms with E-state index in [4.69, 9.17) is 9.84 Å². The van der Waals surface area contributed by atoms with E-state index < -0.39 is 12.0 Å². The largest absolute Gasteiger partial charge is 0.480 e. The van der Waals surface area contributed by atoms with Gasteiger partial charge in [0.15, 0.2) is 0 Å². The Morgan fingerprint density at radius 3 is 2.94 bits per heavy atom. The molecule has 1 atom stereocenters. The van der Waals surface area contributed by atoms with Crippen LogP contribution in [0.1, 0.15) is 12.6 Å². The van der Waals surface area contributed by atoms with Crippen LogP contribution in [0.25, 0.3) is 0 Å². The normalized spacial score (nSPS) is 12.4. The number of methoxy groups -OCH3 is 1. The van der Waals surface area contributed by atoms with E-state index in [9.17, 15) is 4.79 Å². The number of rotatable bonds is 6. The van der Waals surface area contributed by atoms with Crippen molar-refractivity contribution < 1.29 is 14.6 Å². The minimum absolute atomic E-state index is 0.118. The van der Waals surface area contributed by atoms with Crippen LogP contribution in [0.2, 0.25) is 0 Å². The summed E-state index contributed by atoms with van der Waals surface area (Å²) in [5, 5.41) is 16.1. The third kappa shape index (κ3) is 2.96. The number of aliphatic carboxylic acids is 1. The van der Waals surface area contributed by atoms with E-state index >= 15 is 0 Å². The smallest absolute Gasteiger partial charge is 0.328 e. The van der Waals surface area contributed by atoms with Crippen LogP contribution in [-0.4, -0.2) is 40.6 Å². The van der Waals surface area contributed by atoms with Crippen LogP contribution in [0.3, 0.4) is 0 Å². The lowest BCUT2D eigenvalue weighted by atomic mass is 10.2. The third-order valence-corrected chi connectivity index (χ3v) is 2.20. The predicted octanol–water partition coefficient (Wildman–Crippen LogP) is 0.494. The minimum atomic E-state index is -0.937. The fourth-order valence-corrected chi connectivity index (χ4v) is 1.45. The van der Waals surface area contributed by atoms with Crippen molar-refractivity contribution in [1.29, 1.82) is 0 Å². The molecule has 0 saturated heterocycles. The van der Waals surface area contributed by atoms with E-state index in [2.05, 4.69) is 10.4 Å². The maximum Gasteiger partial charge on any atom is 0.328 e. The van der Waals surface area contributed by atoms with Gasteiger partial charge in [0.25, 0.3) is 0 Å². The zero-order chi connectivity index (χ0) is 12.1. The molecule has 0 aliphatic heterocycles. The molecule has 0 aliphatic carbocycles. The average molecular weight is 227 g/mol. The van der Waals surface area contributed by atoms with E-state index in [1.807, 2.05) is 6.92 Å². The van der Waals surface area contributed by atoms with Gasteiger partial charge in [-0.15, -0.1) is 0 Å². The molecular weight excluding hydrogens is 210 g/mol. The number of aromatic nitrogens is 2. The number of anilines is 1. The molecule has 6 nitrogen and oxygen atoms in total. The summed E-state index contributed by atoms with van der Waals surface area (Å²) in [4.78, 5) is 10.9. The fourth-order valence-electron chi connectivity index (χ4n) is 1.45. The number of carboxylic acid groups (broad SMARTS) is 1. The fraction of sp³-hybridized carbons (Fsp3) is 0.600. The molecule has 0 aliphatic rings. The van der Waals surface area contributed by atoms with Gasteiger partial charge in [-0.05, 0) is 6.42 Å². The van der Waals surface area contributed by atoms with Crippen LogP contribution in [0.15, 0.2) is 6.20 Å². The van der Waals surface area contributed by atoms with Crippen molar-refractivity contribution in [2.45, 2.75) is 19.4 Å². The first-order chi connectivity index (χ1) is 7.58. The first-order valence-corrected chi connectivity index (χ1v) is 5.09. The Hall–Kier alpha value is -1.56. The number of nitrogens with zero attached hydrogens (tertiary/aromatic N) is 2. The molecule has 0 fully saturated rings. The van der Waals surface area contributed by atoms with Crippen molar-refractivity contribution in [2.75, 3.05) is 19.0 Å². The molecule has 0 aromatic carbocycles. The van der Waals surface area contributed by atoms with Gasteiger partial charge in [-0.1, -0.05) is 6.92 Å². The molecule has 1 rings (SSSR count). The first kappa shape index (κ1) is 12.5. The van der Waals surface area contributed by atoms with Gasteiger partial charge >= 0.3 is 5.97 Å². The summed E-state index contributed by atoms with van der Waals surface area (Å²) >= 11 is 0. The summed E-state index contributed by atoms with van der Waals surface area (Å²) in [6.45, 7) is 2.09. The Labute approximate surface area is 94.2 Å². The van der Waals surface area contributed by atoms with Crippen molar-refractivity contribution in [1.82, 2.24) is 9.78 Å². The van der Waals surface area contributed by atoms with Gasteiger partial charge in [-0.25, -0.2) is 4.79 Å². The number of ether oxygens (including phenoxy) is 1. The maximum absolute atomic E-state index is 10.9. The predicted molar refractivity (Wildman–Crippen MR) is 59.5 cm³/mol. The van der Waals surface area contributed by atoms with Gasteiger partial charge in [0, 0.05) is 20.4 Å². The SMILES string of the molecule is CCc1nn(C)cc1NC(COC)C(=O)O. The summed E-state index contributed by atoms with van der Waals surface area (Å²) in [6.07, 6.45) is 2.52. The number of nitrogens with one attached hydrogen (secondary N) is 1. The molecule has 0 amide bonds.